The molecule has 25 heavy (non-hydrogen) atoms. The quantitative estimate of drug-likeness (QED) is 0.270. The zero-order valence-corrected chi connectivity index (χ0v) is 13.5. The van der Waals surface area contributed by atoms with Gasteiger partial charge in [-0.2, -0.15) is 0 Å². The van der Waals surface area contributed by atoms with Gasteiger partial charge in [0.1, 0.15) is 5.52 Å². The maximum absolute atomic E-state index is 12.1. The molecule has 0 N–H and O–H groups in total. The third kappa shape index (κ3) is 1.95. The molecule has 0 unspecified atom stereocenters. The Labute approximate surface area is 146 Å². The maximum atomic E-state index is 12.1. The van der Waals surface area contributed by atoms with Crippen molar-refractivity contribution in [1.82, 2.24) is 9.97 Å². The number of Topliss-reactive ketones (excluding diaryl/α,β-unsaturated/α-hetero) is 1. The lowest BCUT2D eigenvalue weighted by Crippen LogP contribution is -2.16. The number of benzene rings is 3. The van der Waals surface area contributed by atoms with Gasteiger partial charge in [-0.3, -0.25) is 9.59 Å². The first-order valence-corrected chi connectivity index (χ1v) is 8.10. The van der Waals surface area contributed by atoms with Crippen LogP contribution in [0.3, 0.4) is 0 Å². The Morgan fingerprint density at radius 3 is 2.28 bits per heavy atom. The number of carbonyl (C=O) groups excluding carboxylic acids is 2. The Morgan fingerprint density at radius 1 is 0.800 bits per heavy atom. The summed E-state index contributed by atoms with van der Waals surface area (Å²) in [6.45, 7) is 0. The van der Waals surface area contributed by atoms with Crippen LogP contribution in [0.4, 0.5) is 0 Å². The van der Waals surface area contributed by atoms with Gasteiger partial charge in [0.15, 0.2) is 0 Å². The molecule has 4 aromatic rings. The molecule has 0 saturated heterocycles. The van der Waals surface area contributed by atoms with Crippen molar-refractivity contribution in [3.63, 3.8) is 0 Å². The van der Waals surface area contributed by atoms with Crippen LogP contribution in [-0.2, 0) is 4.79 Å². The molecule has 0 aliphatic heterocycles. The number of ketones is 2. The number of para-hydroxylation sites is 2. The number of carbonyl (C=O) groups is 2. The molecule has 0 spiro atoms. The highest BCUT2D eigenvalue weighted by atomic mass is 35.5. The third-order valence-electron chi connectivity index (χ3n) is 4.48. The molecule has 0 atom stereocenters. The Morgan fingerprint density at radius 2 is 1.52 bits per heavy atom. The van der Waals surface area contributed by atoms with Gasteiger partial charge in [0, 0.05) is 10.9 Å². The molecular weight excluding hydrogens is 336 g/mol. The summed E-state index contributed by atoms with van der Waals surface area (Å²) in [6.07, 6.45) is 2.96. The summed E-state index contributed by atoms with van der Waals surface area (Å²) in [4.78, 5) is 33.1. The second-order valence-electron chi connectivity index (χ2n) is 5.92. The van der Waals surface area contributed by atoms with Crippen LogP contribution in [0, 0.1) is 0 Å². The number of fused-ring (bicyclic) bond motifs is 6. The fourth-order valence-electron chi connectivity index (χ4n) is 3.29. The Kier molecular flexibility index (Phi) is 2.82. The van der Waals surface area contributed by atoms with Crippen LogP contribution in [0.2, 0.25) is 5.02 Å². The van der Waals surface area contributed by atoms with Crippen LogP contribution < -0.4 is 0 Å². The topological polar surface area (TPSA) is 59.9 Å². The minimum atomic E-state index is -0.510. The fourth-order valence-corrected chi connectivity index (χ4v) is 3.53. The lowest BCUT2D eigenvalue weighted by molar-refractivity contribution is -0.110. The van der Waals surface area contributed by atoms with E-state index in [1.54, 1.807) is 24.3 Å². The molecule has 4 nitrogen and oxygen atoms in total. The van der Waals surface area contributed by atoms with Crippen LogP contribution in [0.5, 0.6) is 0 Å². The first kappa shape index (κ1) is 14.3. The predicted octanol–water partition coefficient (Wildman–Crippen LogP) is 4.37. The summed E-state index contributed by atoms with van der Waals surface area (Å²) in [6, 6.07) is 12.9. The molecule has 5 rings (SSSR count). The van der Waals surface area contributed by atoms with Gasteiger partial charge in [-0.1, -0.05) is 29.8 Å². The van der Waals surface area contributed by atoms with Gasteiger partial charge in [-0.15, -0.1) is 0 Å². The van der Waals surface area contributed by atoms with Crippen LogP contribution in [0.25, 0.3) is 38.9 Å². The predicted molar refractivity (Wildman–Crippen MR) is 97.9 cm³/mol. The number of aromatic nitrogens is 2. The number of hydrogen-bond acceptors (Lipinski definition) is 4. The molecule has 1 heterocycles. The highest BCUT2D eigenvalue weighted by molar-refractivity contribution is 6.50. The first-order valence-electron chi connectivity index (χ1n) is 7.72. The number of rotatable bonds is 0. The van der Waals surface area contributed by atoms with Crippen LogP contribution in [0.15, 0.2) is 48.5 Å². The molecule has 0 bridgehead atoms. The van der Waals surface area contributed by atoms with E-state index in [0.29, 0.717) is 27.2 Å². The zero-order chi connectivity index (χ0) is 17.1. The molecule has 1 aliphatic carbocycles. The van der Waals surface area contributed by atoms with Crippen LogP contribution in [-0.4, -0.2) is 21.5 Å². The molecular formula is C20H9ClN2O2. The van der Waals surface area contributed by atoms with Crippen molar-refractivity contribution in [1.29, 1.82) is 0 Å². The molecule has 0 amide bonds. The highest BCUT2D eigenvalue weighted by Gasteiger charge is 2.23. The van der Waals surface area contributed by atoms with Crippen LogP contribution >= 0.6 is 11.6 Å². The Bertz CT molecular complexity index is 1290. The Hall–Kier alpha value is -3.11. The summed E-state index contributed by atoms with van der Waals surface area (Å²) in [5.41, 5.74) is 3.94. The first-order chi connectivity index (χ1) is 12.1. The van der Waals surface area contributed by atoms with Crippen molar-refractivity contribution >= 4 is 62.1 Å². The van der Waals surface area contributed by atoms with Crippen molar-refractivity contribution < 1.29 is 9.59 Å². The Balaban J connectivity index is 1.97. The number of nitrogens with zero attached hydrogens (tertiary/aromatic N) is 2. The van der Waals surface area contributed by atoms with E-state index in [0.717, 1.165) is 21.8 Å². The van der Waals surface area contributed by atoms with Gasteiger partial charge in [0.05, 0.1) is 21.6 Å². The summed E-state index contributed by atoms with van der Waals surface area (Å²) >= 11 is 6.47. The largest absolute Gasteiger partial charge is 0.286 e. The van der Waals surface area contributed by atoms with E-state index in [-0.39, 0.29) is 0 Å². The second kappa shape index (κ2) is 4.94. The van der Waals surface area contributed by atoms with E-state index in [1.807, 2.05) is 24.3 Å². The average Bonchev–Trinajstić information content (AvgIpc) is 2.63. The lowest BCUT2D eigenvalue weighted by Gasteiger charge is -2.14. The SMILES string of the molecule is O=C1C=Cc2c(ccc3c2cc(Cl)c2nc4ccccc4nc23)C1=O. The van der Waals surface area contributed by atoms with Crippen molar-refractivity contribution in [2.45, 2.75) is 0 Å². The molecule has 0 radical (unpaired) electrons. The number of halogens is 1. The molecule has 1 aromatic heterocycles. The second-order valence-corrected chi connectivity index (χ2v) is 6.32. The highest BCUT2D eigenvalue weighted by Crippen LogP contribution is 2.35. The minimum absolute atomic E-state index is 0.393. The minimum Gasteiger partial charge on any atom is -0.286 e. The number of allylic oxidation sites excluding steroid dienone is 1. The van der Waals surface area contributed by atoms with E-state index in [4.69, 9.17) is 16.6 Å². The summed E-state index contributed by atoms with van der Waals surface area (Å²) in [5.74, 6) is -1.01. The van der Waals surface area contributed by atoms with Gasteiger partial charge >= 0.3 is 0 Å². The van der Waals surface area contributed by atoms with Gasteiger partial charge in [0.25, 0.3) is 0 Å². The van der Waals surface area contributed by atoms with E-state index in [1.165, 1.54) is 6.08 Å². The summed E-state index contributed by atoms with van der Waals surface area (Å²) < 4.78 is 0. The van der Waals surface area contributed by atoms with E-state index >= 15 is 0 Å². The van der Waals surface area contributed by atoms with E-state index < -0.39 is 11.6 Å². The normalized spacial score (nSPS) is 13.8. The smallest absolute Gasteiger partial charge is 0.233 e. The standard InChI is InChI=1S/C20H9ClN2O2/c21-14-9-13-10-7-8-17(24)20(25)12(10)6-5-11(13)18-19(14)23-16-4-2-1-3-15(16)22-18/h1-9H. The monoisotopic (exact) mass is 344 g/mol. The van der Waals surface area contributed by atoms with Crippen molar-refractivity contribution in [3.8, 4) is 0 Å². The van der Waals surface area contributed by atoms with Gasteiger partial charge in [0.2, 0.25) is 11.6 Å². The van der Waals surface area contributed by atoms with Gasteiger partial charge < -0.3 is 0 Å². The maximum Gasteiger partial charge on any atom is 0.233 e. The molecule has 0 fully saturated rings. The average molecular weight is 345 g/mol. The van der Waals surface area contributed by atoms with E-state index in [9.17, 15) is 9.59 Å². The van der Waals surface area contributed by atoms with Crippen molar-refractivity contribution in [2.24, 2.45) is 0 Å². The molecule has 3 aromatic carbocycles. The lowest BCUT2D eigenvalue weighted by atomic mass is 9.90. The van der Waals surface area contributed by atoms with E-state index in [2.05, 4.69) is 4.98 Å². The summed E-state index contributed by atoms with van der Waals surface area (Å²) in [7, 11) is 0. The number of hydrogen-bond donors (Lipinski definition) is 0. The van der Waals surface area contributed by atoms with Gasteiger partial charge in [-0.05, 0) is 47.4 Å². The molecule has 5 heteroatoms. The third-order valence-corrected chi connectivity index (χ3v) is 4.77. The van der Waals surface area contributed by atoms with Crippen LogP contribution in [0.1, 0.15) is 15.9 Å². The molecule has 118 valence electrons. The molecule has 0 saturated carbocycles. The molecule has 1 aliphatic rings. The zero-order valence-electron chi connectivity index (χ0n) is 12.8. The van der Waals surface area contributed by atoms with Gasteiger partial charge in [-0.25, -0.2) is 9.97 Å². The fraction of sp³-hybridized carbons (Fsp3) is 0. The summed E-state index contributed by atoms with van der Waals surface area (Å²) in [5, 5.41) is 2.10. The van der Waals surface area contributed by atoms with Crippen molar-refractivity contribution in [2.75, 3.05) is 0 Å². The van der Waals surface area contributed by atoms with Crippen molar-refractivity contribution in [3.05, 3.63) is 64.7 Å².